The van der Waals surface area contributed by atoms with Gasteiger partial charge in [-0.1, -0.05) is 40.2 Å². The number of benzene rings is 2. The Kier molecular flexibility index (Phi) is 9.24. The van der Waals surface area contributed by atoms with Crippen molar-refractivity contribution in [3.05, 3.63) is 69.7 Å². The van der Waals surface area contributed by atoms with E-state index in [-0.39, 0.29) is 19.4 Å². The van der Waals surface area contributed by atoms with Crippen molar-refractivity contribution in [3.63, 3.8) is 0 Å². The molecule has 9 heteroatoms. The van der Waals surface area contributed by atoms with Gasteiger partial charge < -0.3 is 20.1 Å². The van der Waals surface area contributed by atoms with Gasteiger partial charge >= 0.3 is 7.60 Å². The van der Waals surface area contributed by atoms with Crippen molar-refractivity contribution in [2.45, 2.75) is 32.5 Å². The Morgan fingerprint density at radius 1 is 1.00 bits per heavy atom. The van der Waals surface area contributed by atoms with Crippen molar-refractivity contribution in [1.29, 1.82) is 0 Å². The number of hydrogen-bond donors (Lipinski definition) is 2. The van der Waals surface area contributed by atoms with Crippen LogP contribution in [0, 0.1) is 0 Å². The highest BCUT2D eigenvalue weighted by atomic mass is 79.9. The fourth-order valence-electron chi connectivity index (χ4n) is 2.83. The summed E-state index contributed by atoms with van der Waals surface area (Å²) in [5, 5.41) is 2.67. The smallest absolute Gasteiger partial charge is 0.335 e. The van der Waals surface area contributed by atoms with E-state index in [1.165, 1.54) is 0 Å². The standard InChI is InChI=1S/C21H26BrN2O5P/c1-3-28-30(27,29-4-2)14-16-5-9-17(10-6-16)21(26)24-19(20(23)25)13-15-7-11-18(22)12-8-15/h5-12,19H,3-4,13-14H2,1-2H3,(H2,23,25)(H,24,26)/t19-/m0/s1. The van der Waals surface area contributed by atoms with Gasteiger partial charge in [-0.15, -0.1) is 0 Å². The summed E-state index contributed by atoms with van der Waals surface area (Å²) in [5.41, 5.74) is 7.43. The number of nitrogens with one attached hydrogen (secondary N) is 1. The predicted molar refractivity (Wildman–Crippen MR) is 119 cm³/mol. The summed E-state index contributed by atoms with van der Waals surface area (Å²) in [6.45, 7) is 4.07. The van der Waals surface area contributed by atoms with Crippen LogP contribution in [0.25, 0.3) is 0 Å². The molecule has 30 heavy (non-hydrogen) atoms. The van der Waals surface area contributed by atoms with Crippen molar-refractivity contribution >= 4 is 35.3 Å². The van der Waals surface area contributed by atoms with Crippen LogP contribution in [0.2, 0.25) is 0 Å². The van der Waals surface area contributed by atoms with Gasteiger partial charge in [0.2, 0.25) is 5.91 Å². The first-order chi connectivity index (χ1) is 14.3. The highest BCUT2D eigenvalue weighted by molar-refractivity contribution is 9.10. The molecule has 0 aliphatic heterocycles. The maximum atomic E-state index is 12.6. The zero-order chi connectivity index (χ0) is 22.1. The Labute approximate surface area is 185 Å². The molecule has 0 spiro atoms. The summed E-state index contributed by atoms with van der Waals surface area (Å²) in [4.78, 5) is 24.4. The van der Waals surface area contributed by atoms with Crippen LogP contribution in [0.15, 0.2) is 53.0 Å². The number of hydrogen-bond acceptors (Lipinski definition) is 5. The normalized spacial score (nSPS) is 12.4. The van der Waals surface area contributed by atoms with Crippen LogP contribution in [-0.4, -0.2) is 31.1 Å². The molecule has 0 bridgehead atoms. The van der Waals surface area contributed by atoms with Gasteiger partial charge in [-0.25, -0.2) is 0 Å². The monoisotopic (exact) mass is 496 g/mol. The summed E-state index contributed by atoms with van der Waals surface area (Å²) in [6.07, 6.45) is 0.405. The summed E-state index contributed by atoms with van der Waals surface area (Å²) >= 11 is 3.36. The average Bonchev–Trinajstić information content (AvgIpc) is 2.69. The zero-order valence-corrected chi connectivity index (χ0v) is 19.4. The Morgan fingerprint density at radius 3 is 2.03 bits per heavy atom. The Hall–Kier alpha value is -1.99. The molecular formula is C21H26BrN2O5P. The number of halogens is 1. The molecule has 1 atom stereocenters. The lowest BCUT2D eigenvalue weighted by molar-refractivity contribution is -0.119. The van der Waals surface area contributed by atoms with Gasteiger partial charge in [0.05, 0.1) is 19.4 Å². The third kappa shape index (κ3) is 7.36. The van der Waals surface area contributed by atoms with E-state index in [0.29, 0.717) is 12.0 Å². The molecule has 2 aromatic rings. The summed E-state index contributed by atoms with van der Waals surface area (Å²) in [6, 6.07) is 13.2. The molecule has 7 nitrogen and oxygen atoms in total. The fourth-order valence-corrected chi connectivity index (χ4v) is 4.79. The van der Waals surface area contributed by atoms with Crippen LogP contribution in [0.1, 0.15) is 35.3 Å². The topological polar surface area (TPSA) is 108 Å². The van der Waals surface area contributed by atoms with Crippen LogP contribution in [0.4, 0.5) is 0 Å². The third-order valence-corrected chi connectivity index (χ3v) is 6.83. The molecule has 0 saturated carbocycles. The van der Waals surface area contributed by atoms with Gasteiger partial charge in [0.1, 0.15) is 6.04 Å². The largest absolute Gasteiger partial charge is 0.368 e. The second-order valence-corrected chi connectivity index (χ2v) is 9.53. The van der Waals surface area contributed by atoms with Crippen molar-refractivity contribution in [2.75, 3.05) is 13.2 Å². The van der Waals surface area contributed by atoms with Crippen LogP contribution in [-0.2, 0) is 31.0 Å². The second-order valence-electron chi connectivity index (χ2n) is 6.56. The first kappa shape index (κ1) is 24.3. The lowest BCUT2D eigenvalue weighted by atomic mass is 10.0. The maximum Gasteiger partial charge on any atom is 0.335 e. The van der Waals surface area contributed by atoms with Gasteiger partial charge in [0, 0.05) is 16.5 Å². The SMILES string of the molecule is CCOP(=O)(Cc1ccc(C(=O)N[C@@H](Cc2ccc(Br)cc2)C(N)=O)cc1)OCC. The van der Waals surface area contributed by atoms with Gasteiger partial charge in [-0.05, 0) is 49.2 Å². The molecule has 0 heterocycles. The molecule has 0 aliphatic rings. The zero-order valence-electron chi connectivity index (χ0n) is 17.0. The maximum absolute atomic E-state index is 12.6. The van der Waals surface area contributed by atoms with Crippen LogP contribution >= 0.6 is 23.5 Å². The van der Waals surface area contributed by atoms with Crippen molar-refractivity contribution in [2.24, 2.45) is 5.73 Å². The number of carbonyl (C=O) groups is 2. The number of nitrogens with two attached hydrogens (primary N) is 1. The summed E-state index contributed by atoms with van der Waals surface area (Å²) < 4.78 is 24.1. The highest BCUT2D eigenvalue weighted by Crippen LogP contribution is 2.51. The summed E-state index contributed by atoms with van der Waals surface area (Å²) in [5.74, 6) is -1.03. The molecule has 162 valence electrons. The minimum absolute atomic E-state index is 0.115. The third-order valence-electron chi connectivity index (χ3n) is 4.25. The van der Waals surface area contributed by atoms with E-state index in [2.05, 4.69) is 21.2 Å². The van der Waals surface area contributed by atoms with Crippen molar-refractivity contribution < 1.29 is 23.2 Å². The first-order valence-corrected chi connectivity index (χ1v) is 12.1. The van der Waals surface area contributed by atoms with E-state index >= 15 is 0 Å². The Balaban J connectivity index is 2.05. The number of carbonyl (C=O) groups excluding carboxylic acids is 2. The minimum Gasteiger partial charge on any atom is -0.368 e. The van der Waals surface area contributed by atoms with Gasteiger partial charge in [0.25, 0.3) is 5.91 Å². The van der Waals surface area contributed by atoms with Crippen molar-refractivity contribution in [1.82, 2.24) is 5.32 Å². The predicted octanol–water partition coefficient (Wildman–Crippen LogP) is 4.04. The van der Waals surface area contributed by atoms with Gasteiger partial charge in [-0.2, -0.15) is 0 Å². The second kappa shape index (κ2) is 11.4. The molecule has 0 fully saturated rings. The molecule has 0 unspecified atom stereocenters. The molecule has 0 radical (unpaired) electrons. The Bertz CT molecular complexity index is 893. The molecule has 2 aromatic carbocycles. The van der Waals surface area contributed by atoms with Gasteiger partial charge in [0.15, 0.2) is 0 Å². The molecule has 0 aliphatic carbocycles. The lowest BCUT2D eigenvalue weighted by Gasteiger charge is -2.17. The molecule has 0 saturated heterocycles. The van der Waals surface area contributed by atoms with E-state index in [9.17, 15) is 14.2 Å². The fraction of sp³-hybridized carbons (Fsp3) is 0.333. The molecular weight excluding hydrogens is 471 g/mol. The molecule has 3 N–H and O–H groups in total. The molecule has 0 aromatic heterocycles. The number of primary amides is 1. The van der Waals surface area contributed by atoms with E-state index in [1.54, 1.807) is 38.1 Å². The molecule has 2 rings (SSSR count). The Morgan fingerprint density at radius 2 is 1.53 bits per heavy atom. The van der Waals surface area contributed by atoms with Crippen LogP contribution in [0.3, 0.4) is 0 Å². The molecule has 2 amide bonds. The van der Waals surface area contributed by atoms with Crippen LogP contribution < -0.4 is 11.1 Å². The number of rotatable bonds is 11. The quantitative estimate of drug-likeness (QED) is 0.456. The van der Waals surface area contributed by atoms with Gasteiger partial charge in [-0.3, -0.25) is 14.2 Å². The van der Waals surface area contributed by atoms with E-state index in [1.807, 2.05) is 24.3 Å². The number of amides is 2. The highest BCUT2D eigenvalue weighted by Gasteiger charge is 2.24. The first-order valence-electron chi connectivity index (χ1n) is 9.58. The summed E-state index contributed by atoms with van der Waals surface area (Å²) in [7, 11) is -3.22. The van der Waals surface area contributed by atoms with E-state index < -0.39 is 25.5 Å². The van der Waals surface area contributed by atoms with E-state index in [0.717, 1.165) is 15.6 Å². The average molecular weight is 497 g/mol. The lowest BCUT2D eigenvalue weighted by Crippen LogP contribution is -2.45. The van der Waals surface area contributed by atoms with Crippen molar-refractivity contribution in [3.8, 4) is 0 Å². The van der Waals surface area contributed by atoms with Crippen LogP contribution in [0.5, 0.6) is 0 Å². The minimum atomic E-state index is -3.22. The van der Waals surface area contributed by atoms with E-state index in [4.69, 9.17) is 14.8 Å².